The van der Waals surface area contributed by atoms with Crippen LogP contribution in [0.4, 0.5) is 5.69 Å². The van der Waals surface area contributed by atoms with Crippen molar-refractivity contribution in [1.82, 2.24) is 4.98 Å². The molecule has 1 atom stereocenters. The number of nitrogens with one attached hydrogen (secondary N) is 1. The van der Waals surface area contributed by atoms with Crippen LogP contribution in [0.2, 0.25) is 5.15 Å². The molecule has 3 nitrogen and oxygen atoms in total. The standard InChI is InChI=1S/C15H17ClN2O/c1-3-19-14-6-4-5-12(9-14)11(2)18-13-7-8-17-15(16)10-13/h4-11H,3H2,1-2H3,(H,17,18). The van der Waals surface area contributed by atoms with Gasteiger partial charge in [-0.2, -0.15) is 0 Å². The average Bonchev–Trinajstić information content (AvgIpc) is 2.39. The van der Waals surface area contributed by atoms with Crippen molar-refractivity contribution in [3.05, 3.63) is 53.3 Å². The number of aromatic nitrogens is 1. The van der Waals surface area contributed by atoms with Crippen LogP contribution in [-0.2, 0) is 0 Å². The van der Waals surface area contributed by atoms with Gasteiger partial charge >= 0.3 is 0 Å². The predicted octanol–water partition coefficient (Wildman–Crippen LogP) is 4.31. The minimum Gasteiger partial charge on any atom is -0.494 e. The minimum atomic E-state index is 0.166. The normalized spacial score (nSPS) is 11.9. The maximum Gasteiger partial charge on any atom is 0.131 e. The number of anilines is 1. The Balaban J connectivity index is 2.11. The highest BCUT2D eigenvalue weighted by Crippen LogP contribution is 2.23. The molecule has 1 aromatic heterocycles. The predicted molar refractivity (Wildman–Crippen MR) is 78.9 cm³/mol. The summed E-state index contributed by atoms with van der Waals surface area (Å²) in [5.74, 6) is 0.890. The lowest BCUT2D eigenvalue weighted by atomic mass is 10.1. The van der Waals surface area contributed by atoms with Gasteiger partial charge in [-0.1, -0.05) is 23.7 Å². The van der Waals surface area contributed by atoms with Crippen LogP contribution in [0.3, 0.4) is 0 Å². The highest BCUT2D eigenvalue weighted by atomic mass is 35.5. The molecule has 2 aromatic rings. The molecule has 19 heavy (non-hydrogen) atoms. The maximum atomic E-state index is 5.87. The number of nitrogens with zero attached hydrogens (tertiary/aromatic N) is 1. The third-order valence-corrected chi connectivity index (χ3v) is 2.99. The molecule has 0 saturated carbocycles. The van der Waals surface area contributed by atoms with Crippen molar-refractivity contribution in [1.29, 1.82) is 0 Å². The van der Waals surface area contributed by atoms with Gasteiger partial charge in [0, 0.05) is 17.9 Å². The largest absolute Gasteiger partial charge is 0.494 e. The van der Waals surface area contributed by atoms with Gasteiger partial charge in [0.1, 0.15) is 10.9 Å². The molecule has 1 heterocycles. The van der Waals surface area contributed by atoms with Crippen molar-refractivity contribution in [2.24, 2.45) is 0 Å². The fourth-order valence-electron chi connectivity index (χ4n) is 1.87. The first-order valence-corrected chi connectivity index (χ1v) is 6.67. The second-order valence-electron chi connectivity index (χ2n) is 4.24. The summed E-state index contributed by atoms with van der Waals surface area (Å²) in [6.45, 7) is 4.75. The van der Waals surface area contributed by atoms with E-state index in [0.29, 0.717) is 11.8 Å². The van der Waals surface area contributed by atoms with Crippen molar-refractivity contribution in [2.75, 3.05) is 11.9 Å². The van der Waals surface area contributed by atoms with Gasteiger partial charge in [-0.05, 0) is 43.7 Å². The molecule has 1 aromatic carbocycles. The Hall–Kier alpha value is -1.74. The Labute approximate surface area is 118 Å². The summed E-state index contributed by atoms with van der Waals surface area (Å²) in [7, 11) is 0. The monoisotopic (exact) mass is 276 g/mol. The van der Waals surface area contributed by atoms with Crippen molar-refractivity contribution < 1.29 is 4.74 Å². The van der Waals surface area contributed by atoms with E-state index >= 15 is 0 Å². The molecule has 0 aliphatic heterocycles. The summed E-state index contributed by atoms with van der Waals surface area (Å²) in [5, 5.41) is 3.87. The van der Waals surface area contributed by atoms with Crippen LogP contribution in [0.25, 0.3) is 0 Å². The highest BCUT2D eigenvalue weighted by molar-refractivity contribution is 6.29. The van der Waals surface area contributed by atoms with E-state index in [-0.39, 0.29) is 6.04 Å². The van der Waals surface area contributed by atoms with Gasteiger partial charge in [0.05, 0.1) is 6.61 Å². The third-order valence-electron chi connectivity index (χ3n) is 2.78. The van der Waals surface area contributed by atoms with Gasteiger partial charge < -0.3 is 10.1 Å². The Bertz CT molecular complexity index is 545. The Kier molecular flexibility index (Phi) is 4.63. The summed E-state index contributed by atoms with van der Waals surface area (Å²) in [5.41, 5.74) is 2.12. The lowest BCUT2D eigenvalue weighted by Crippen LogP contribution is -2.07. The van der Waals surface area contributed by atoms with Crippen LogP contribution in [0.5, 0.6) is 5.75 Å². The molecule has 0 amide bonds. The molecular formula is C15H17ClN2O. The van der Waals surface area contributed by atoms with Crippen LogP contribution in [0, 0.1) is 0 Å². The van der Waals surface area contributed by atoms with E-state index in [2.05, 4.69) is 23.3 Å². The fraction of sp³-hybridized carbons (Fsp3) is 0.267. The minimum absolute atomic E-state index is 0.166. The molecule has 0 spiro atoms. The van der Waals surface area contributed by atoms with Gasteiger partial charge in [-0.3, -0.25) is 0 Å². The lowest BCUT2D eigenvalue weighted by molar-refractivity contribution is 0.340. The number of benzene rings is 1. The highest BCUT2D eigenvalue weighted by Gasteiger charge is 2.06. The molecule has 0 bridgehead atoms. The van der Waals surface area contributed by atoms with Crippen LogP contribution in [-0.4, -0.2) is 11.6 Å². The Morgan fingerprint density at radius 1 is 1.32 bits per heavy atom. The summed E-state index contributed by atoms with van der Waals surface area (Å²) < 4.78 is 5.51. The first-order chi connectivity index (χ1) is 9.19. The van der Waals surface area contributed by atoms with Crippen molar-refractivity contribution in [3.8, 4) is 5.75 Å². The van der Waals surface area contributed by atoms with Crippen LogP contribution < -0.4 is 10.1 Å². The molecular weight excluding hydrogens is 260 g/mol. The SMILES string of the molecule is CCOc1cccc(C(C)Nc2ccnc(Cl)c2)c1. The average molecular weight is 277 g/mol. The topological polar surface area (TPSA) is 34.1 Å². The molecule has 2 rings (SSSR count). The lowest BCUT2D eigenvalue weighted by Gasteiger charge is -2.16. The second-order valence-corrected chi connectivity index (χ2v) is 4.63. The van der Waals surface area contributed by atoms with Gasteiger partial charge in [-0.25, -0.2) is 4.98 Å². The van der Waals surface area contributed by atoms with Crippen LogP contribution in [0.1, 0.15) is 25.5 Å². The summed E-state index contributed by atoms with van der Waals surface area (Å²) in [4.78, 5) is 3.96. The maximum absolute atomic E-state index is 5.87. The van der Waals surface area contributed by atoms with E-state index in [1.807, 2.05) is 37.3 Å². The van der Waals surface area contributed by atoms with Crippen molar-refractivity contribution in [3.63, 3.8) is 0 Å². The number of pyridine rings is 1. The molecule has 0 saturated heterocycles. The molecule has 0 radical (unpaired) electrons. The quantitative estimate of drug-likeness (QED) is 0.827. The van der Waals surface area contributed by atoms with Gasteiger partial charge in [0.15, 0.2) is 0 Å². The molecule has 100 valence electrons. The number of halogens is 1. The number of rotatable bonds is 5. The Morgan fingerprint density at radius 2 is 2.16 bits per heavy atom. The van der Waals surface area contributed by atoms with E-state index in [0.717, 1.165) is 11.4 Å². The number of ether oxygens (including phenoxy) is 1. The van der Waals surface area contributed by atoms with Gasteiger partial charge in [0.25, 0.3) is 0 Å². The number of hydrogen-bond donors (Lipinski definition) is 1. The number of hydrogen-bond acceptors (Lipinski definition) is 3. The zero-order valence-corrected chi connectivity index (χ0v) is 11.8. The van der Waals surface area contributed by atoms with E-state index in [1.54, 1.807) is 6.20 Å². The van der Waals surface area contributed by atoms with E-state index in [9.17, 15) is 0 Å². The summed E-state index contributed by atoms with van der Waals surface area (Å²) in [6.07, 6.45) is 1.69. The van der Waals surface area contributed by atoms with E-state index in [1.165, 1.54) is 5.56 Å². The smallest absolute Gasteiger partial charge is 0.131 e. The molecule has 1 unspecified atom stereocenters. The molecule has 1 N–H and O–H groups in total. The van der Waals surface area contributed by atoms with E-state index < -0.39 is 0 Å². The van der Waals surface area contributed by atoms with Crippen LogP contribution in [0.15, 0.2) is 42.6 Å². The van der Waals surface area contributed by atoms with Gasteiger partial charge in [0.2, 0.25) is 0 Å². The second kappa shape index (κ2) is 6.43. The Morgan fingerprint density at radius 3 is 2.89 bits per heavy atom. The van der Waals surface area contributed by atoms with E-state index in [4.69, 9.17) is 16.3 Å². The summed E-state index contributed by atoms with van der Waals surface area (Å²) >= 11 is 5.87. The van der Waals surface area contributed by atoms with Gasteiger partial charge in [-0.15, -0.1) is 0 Å². The first-order valence-electron chi connectivity index (χ1n) is 6.30. The molecule has 0 aliphatic rings. The molecule has 4 heteroatoms. The fourth-order valence-corrected chi connectivity index (χ4v) is 2.04. The van der Waals surface area contributed by atoms with Crippen LogP contribution >= 0.6 is 11.6 Å². The zero-order valence-electron chi connectivity index (χ0n) is 11.1. The third kappa shape index (κ3) is 3.86. The zero-order chi connectivity index (χ0) is 13.7. The first kappa shape index (κ1) is 13.7. The summed E-state index contributed by atoms with van der Waals surface area (Å²) in [6, 6.07) is 12.0. The molecule has 0 aliphatic carbocycles. The van der Waals surface area contributed by atoms with Crippen molar-refractivity contribution >= 4 is 17.3 Å². The van der Waals surface area contributed by atoms with Crippen molar-refractivity contribution in [2.45, 2.75) is 19.9 Å². The molecule has 0 fully saturated rings.